The molecule has 8 heteroatoms. The molecule has 2 rings (SSSR count). The zero-order chi connectivity index (χ0) is 10.1. The Labute approximate surface area is 81.2 Å². The lowest BCUT2D eigenvalue weighted by Crippen LogP contribution is -1.92. The minimum absolute atomic E-state index is 0.275. The van der Waals surface area contributed by atoms with E-state index in [-0.39, 0.29) is 10.1 Å². The normalized spacial score (nSPS) is 11.1. The fraction of sp³-hybridized carbons (Fsp3) is 0.167. The Morgan fingerprint density at radius 2 is 2.21 bits per heavy atom. The summed E-state index contributed by atoms with van der Waals surface area (Å²) in [5.41, 5.74) is 5.85. The summed E-state index contributed by atoms with van der Waals surface area (Å²) in [6, 6.07) is 0. The molecule has 0 atom stereocenters. The van der Waals surface area contributed by atoms with Crippen molar-refractivity contribution in [2.75, 3.05) is 5.73 Å². The highest BCUT2D eigenvalue weighted by Crippen LogP contribution is 2.24. The third-order valence-electron chi connectivity index (χ3n) is 1.42. The zero-order valence-corrected chi connectivity index (χ0v) is 7.58. The molecule has 0 aromatic carbocycles. The number of hydrogen-bond donors (Lipinski definition) is 1. The molecule has 0 saturated heterocycles. The maximum absolute atomic E-state index is 12.2. The highest BCUT2D eigenvalue weighted by Gasteiger charge is 2.14. The first kappa shape index (κ1) is 9.00. The molecular formula is C6H5F2N5S. The van der Waals surface area contributed by atoms with Crippen molar-refractivity contribution >= 4 is 17.0 Å². The minimum atomic E-state index is -2.60. The van der Waals surface area contributed by atoms with Crippen LogP contribution < -0.4 is 5.73 Å². The first-order chi connectivity index (χ1) is 6.66. The number of alkyl halides is 2. The predicted octanol–water partition coefficient (Wildman–Crippen LogP) is 1.24. The molecule has 2 aromatic rings. The van der Waals surface area contributed by atoms with Crippen LogP contribution in [0.2, 0.25) is 0 Å². The molecule has 0 aliphatic rings. The molecule has 0 unspecified atom stereocenters. The van der Waals surface area contributed by atoms with E-state index in [0.717, 1.165) is 11.3 Å². The first-order valence-electron chi connectivity index (χ1n) is 3.59. The number of nitrogens with two attached hydrogens (primary N) is 1. The van der Waals surface area contributed by atoms with Crippen molar-refractivity contribution in [2.45, 2.75) is 6.43 Å². The van der Waals surface area contributed by atoms with E-state index in [1.54, 1.807) is 0 Å². The summed E-state index contributed by atoms with van der Waals surface area (Å²) < 4.78 is 25.6. The molecule has 0 saturated carbocycles. The van der Waals surface area contributed by atoms with E-state index in [1.807, 2.05) is 0 Å². The van der Waals surface area contributed by atoms with Gasteiger partial charge < -0.3 is 5.73 Å². The van der Waals surface area contributed by atoms with E-state index in [9.17, 15) is 8.78 Å². The first-order valence-corrected chi connectivity index (χ1v) is 4.40. The Hall–Kier alpha value is -1.57. The molecule has 2 aromatic heterocycles. The van der Waals surface area contributed by atoms with Crippen molar-refractivity contribution in [1.29, 1.82) is 0 Å². The van der Waals surface area contributed by atoms with Crippen LogP contribution in [-0.4, -0.2) is 20.0 Å². The Morgan fingerprint density at radius 1 is 1.43 bits per heavy atom. The lowest BCUT2D eigenvalue weighted by atomic mass is 10.6. The van der Waals surface area contributed by atoms with Gasteiger partial charge in [-0.3, -0.25) is 0 Å². The van der Waals surface area contributed by atoms with Crippen LogP contribution in [0.5, 0.6) is 0 Å². The fourth-order valence-corrected chi connectivity index (χ4v) is 1.48. The average Bonchev–Trinajstić information content (AvgIpc) is 2.70. The third kappa shape index (κ3) is 1.55. The van der Waals surface area contributed by atoms with Gasteiger partial charge in [-0.1, -0.05) is 11.3 Å². The number of halogens is 2. The van der Waals surface area contributed by atoms with E-state index in [4.69, 9.17) is 5.73 Å². The Balaban J connectivity index is 2.33. The summed E-state index contributed by atoms with van der Waals surface area (Å²) in [6.07, 6.45) is 0.285. The largest absolute Gasteiger partial charge is 0.396 e. The highest BCUT2D eigenvalue weighted by atomic mass is 32.1. The Morgan fingerprint density at radius 3 is 2.71 bits per heavy atom. The molecule has 2 N–H and O–H groups in total. The zero-order valence-electron chi connectivity index (χ0n) is 6.76. The van der Waals surface area contributed by atoms with Crippen molar-refractivity contribution in [3.63, 3.8) is 0 Å². The summed E-state index contributed by atoms with van der Waals surface area (Å²) in [5, 5.41) is 10.6. The number of aromatic nitrogens is 4. The van der Waals surface area contributed by atoms with Gasteiger partial charge in [0.05, 0.1) is 18.1 Å². The van der Waals surface area contributed by atoms with Gasteiger partial charge >= 0.3 is 0 Å². The van der Waals surface area contributed by atoms with Crippen LogP contribution in [0, 0.1) is 0 Å². The molecule has 0 amide bonds. The second-order valence-electron chi connectivity index (χ2n) is 2.44. The third-order valence-corrected chi connectivity index (χ3v) is 2.34. The molecule has 14 heavy (non-hydrogen) atoms. The van der Waals surface area contributed by atoms with E-state index in [1.165, 1.54) is 17.1 Å². The van der Waals surface area contributed by atoms with Crippen LogP contribution in [0.3, 0.4) is 0 Å². The lowest BCUT2D eigenvalue weighted by Gasteiger charge is -1.90. The second-order valence-corrected chi connectivity index (χ2v) is 3.43. The van der Waals surface area contributed by atoms with Gasteiger partial charge in [0.1, 0.15) is 0 Å². The molecule has 0 radical (unpaired) electrons. The molecule has 74 valence electrons. The smallest absolute Gasteiger partial charge is 0.291 e. The molecular weight excluding hydrogens is 212 g/mol. The van der Waals surface area contributed by atoms with Crippen molar-refractivity contribution in [3.8, 4) is 5.13 Å². The fourth-order valence-electron chi connectivity index (χ4n) is 0.849. The van der Waals surface area contributed by atoms with Gasteiger partial charge in [0, 0.05) is 0 Å². The summed E-state index contributed by atoms with van der Waals surface area (Å²) in [4.78, 5) is 0. The number of rotatable bonds is 2. The monoisotopic (exact) mass is 217 g/mol. The van der Waals surface area contributed by atoms with Crippen molar-refractivity contribution in [2.24, 2.45) is 0 Å². The van der Waals surface area contributed by atoms with E-state index >= 15 is 0 Å². The number of nitrogen functional groups attached to an aromatic ring is 1. The summed E-state index contributed by atoms with van der Waals surface area (Å²) in [5.74, 6) is 0. The van der Waals surface area contributed by atoms with Crippen LogP contribution >= 0.6 is 11.3 Å². The molecule has 5 nitrogen and oxygen atoms in total. The summed E-state index contributed by atoms with van der Waals surface area (Å²) in [6.45, 7) is 0. The van der Waals surface area contributed by atoms with Gasteiger partial charge in [-0.05, 0) is 0 Å². The summed E-state index contributed by atoms with van der Waals surface area (Å²) >= 11 is 0.780. The van der Waals surface area contributed by atoms with Crippen molar-refractivity contribution in [1.82, 2.24) is 20.0 Å². The molecule has 0 spiro atoms. The summed E-state index contributed by atoms with van der Waals surface area (Å²) in [7, 11) is 0. The van der Waals surface area contributed by atoms with Gasteiger partial charge in [-0.2, -0.15) is 5.10 Å². The van der Waals surface area contributed by atoms with E-state index < -0.39 is 6.43 Å². The van der Waals surface area contributed by atoms with Gasteiger partial charge in [-0.15, -0.1) is 10.2 Å². The van der Waals surface area contributed by atoms with Crippen LogP contribution in [0.25, 0.3) is 5.13 Å². The van der Waals surface area contributed by atoms with Crippen LogP contribution in [-0.2, 0) is 0 Å². The number of nitrogens with zero attached hydrogens (tertiary/aromatic N) is 4. The van der Waals surface area contributed by atoms with Crippen molar-refractivity contribution < 1.29 is 8.78 Å². The SMILES string of the molecule is Nc1cnn(-c2nnc(C(F)F)s2)c1. The quantitative estimate of drug-likeness (QED) is 0.821. The van der Waals surface area contributed by atoms with Gasteiger partial charge in [0.15, 0.2) is 5.01 Å². The predicted molar refractivity (Wildman–Crippen MR) is 46.4 cm³/mol. The van der Waals surface area contributed by atoms with Crippen LogP contribution in [0.1, 0.15) is 11.4 Å². The Kier molecular flexibility index (Phi) is 2.12. The maximum Gasteiger partial charge on any atom is 0.291 e. The molecule has 2 heterocycles. The van der Waals surface area contributed by atoms with Gasteiger partial charge in [0.2, 0.25) is 5.13 Å². The van der Waals surface area contributed by atoms with Gasteiger partial charge in [-0.25, -0.2) is 13.5 Å². The Bertz CT molecular complexity index is 437. The molecule has 0 bridgehead atoms. The van der Waals surface area contributed by atoms with Crippen LogP contribution in [0.4, 0.5) is 14.5 Å². The standard InChI is InChI=1S/C6H5F2N5S/c7-4(8)5-11-12-6(14-5)13-2-3(9)1-10-13/h1-2,4H,9H2. The number of anilines is 1. The molecule has 0 aliphatic carbocycles. The van der Waals surface area contributed by atoms with Crippen LogP contribution in [0.15, 0.2) is 12.4 Å². The maximum atomic E-state index is 12.2. The highest BCUT2D eigenvalue weighted by molar-refractivity contribution is 7.13. The molecule has 0 aliphatic heterocycles. The lowest BCUT2D eigenvalue weighted by molar-refractivity contribution is 0.150. The van der Waals surface area contributed by atoms with Crippen molar-refractivity contribution in [3.05, 3.63) is 17.4 Å². The second kappa shape index (κ2) is 3.29. The average molecular weight is 217 g/mol. The molecule has 0 fully saturated rings. The van der Waals surface area contributed by atoms with Gasteiger partial charge in [0.25, 0.3) is 6.43 Å². The van der Waals surface area contributed by atoms with E-state index in [0.29, 0.717) is 5.69 Å². The number of hydrogen-bond acceptors (Lipinski definition) is 5. The topological polar surface area (TPSA) is 69.6 Å². The van der Waals surface area contributed by atoms with E-state index in [2.05, 4.69) is 15.3 Å². The minimum Gasteiger partial charge on any atom is -0.396 e.